The highest BCUT2D eigenvalue weighted by Crippen LogP contribution is 2.22. The number of fused-ring (bicyclic) bond motifs is 1. The topological polar surface area (TPSA) is 61.4 Å². The third kappa shape index (κ3) is 4.54. The Morgan fingerprint density at radius 1 is 1.15 bits per heavy atom. The quantitative estimate of drug-likeness (QED) is 0.244. The monoisotopic (exact) mass is 504 g/mol. The van der Waals surface area contributed by atoms with E-state index in [1.54, 1.807) is 18.4 Å². The summed E-state index contributed by atoms with van der Waals surface area (Å²) in [6.07, 6.45) is 4.04. The molecule has 0 saturated carbocycles. The van der Waals surface area contributed by atoms with E-state index in [1.165, 1.54) is 4.68 Å². The van der Waals surface area contributed by atoms with Gasteiger partial charge < -0.3 is 9.30 Å². The van der Waals surface area contributed by atoms with Crippen LogP contribution in [0.25, 0.3) is 16.6 Å². The van der Waals surface area contributed by atoms with Gasteiger partial charge in [0.15, 0.2) is 0 Å². The Kier molecular flexibility index (Phi) is 6.60. The summed E-state index contributed by atoms with van der Waals surface area (Å²) in [7, 11) is 0. The van der Waals surface area contributed by atoms with Crippen LogP contribution < -0.4 is 10.3 Å². The van der Waals surface area contributed by atoms with Crippen LogP contribution in [0, 0.1) is 13.8 Å². The number of aryl methyl sites for hydroxylation is 2. The fourth-order valence-corrected chi connectivity index (χ4v) is 4.19. The van der Waals surface area contributed by atoms with E-state index in [1.807, 2.05) is 57.2 Å². The van der Waals surface area contributed by atoms with Crippen molar-refractivity contribution >= 4 is 33.0 Å². The van der Waals surface area contributed by atoms with E-state index in [0.29, 0.717) is 29.8 Å². The number of rotatable bonds is 7. The van der Waals surface area contributed by atoms with Crippen LogP contribution in [0.4, 0.5) is 0 Å². The summed E-state index contributed by atoms with van der Waals surface area (Å²) in [6, 6.07) is 15.5. The van der Waals surface area contributed by atoms with Crippen molar-refractivity contribution in [3.63, 3.8) is 0 Å². The van der Waals surface area contributed by atoms with Gasteiger partial charge >= 0.3 is 0 Å². The van der Waals surface area contributed by atoms with E-state index < -0.39 is 0 Å². The molecule has 0 aliphatic rings. The van der Waals surface area contributed by atoms with Crippen molar-refractivity contribution < 1.29 is 4.74 Å². The van der Waals surface area contributed by atoms with Crippen LogP contribution in [0.2, 0.25) is 0 Å². The Morgan fingerprint density at radius 2 is 1.91 bits per heavy atom. The molecular weight excluding hydrogens is 480 g/mol. The van der Waals surface area contributed by atoms with Crippen LogP contribution in [0.15, 0.2) is 75.6 Å². The van der Waals surface area contributed by atoms with Gasteiger partial charge in [0, 0.05) is 33.5 Å². The van der Waals surface area contributed by atoms with Gasteiger partial charge in [0.1, 0.15) is 18.2 Å². The molecule has 0 atom stereocenters. The Labute approximate surface area is 201 Å². The SMILES string of the molecule is C=CCOc1ccc(-n2c(C)cc(C=Nn3c(CC)nc4ccc(Br)cc4c3=O)c2C)cc1. The molecule has 0 saturated heterocycles. The average molecular weight is 505 g/mol. The van der Waals surface area contributed by atoms with Gasteiger partial charge in [-0.15, -0.1) is 0 Å². The summed E-state index contributed by atoms with van der Waals surface area (Å²) in [6.45, 7) is 10.2. The highest BCUT2D eigenvalue weighted by molar-refractivity contribution is 9.10. The second kappa shape index (κ2) is 9.58. The third-order valence-electron chi connectivity index (χ3n) is 5.44. The fourth-order valence-electron chi connectivity index (χ4n) is 3.82. The lowest BCUT2D eigenvalue weighted by Gasteiger charge is -2.11. The molecule has 0 aliphatic carbocycles. The normalized spacial score (nSPS) is 11.4. The Hall–Kier alpha value is -3.45. The van der Waals surface area contributed by atoms with Gasteiger partial charge in [-0.3, -0.25) is 4.79 Å². The maximum absolute atomic E-state index is 13.1. The van der Waals surface area contributed by atoms with Gasteiger partial charge in [-0.1, -0.05) is 35.5 Å². The molecule has 0 aliphatic heterocycles. The van der Waals surface area contributed by atoms with Gasteiger partial charge in [0.2, 0.25) is 0 Å². The standard InChI is InChI=1S/C26H25BrN4O2/c1-5-13-33-22-10-8-21(9-11-22)30-17(3)14-19(18(30)4)16-28-31-25(6-2)29-24-12-7-20(27)15-23(24)26(31)32/h5,7-12,14-16H,1,6,13H2,2-4H3. The molecule has 168 valence electrons. The number of ether oxygens (including phenoxy) is 1. The van der Waals surface area contributed by atoms with Crippen molar-refractivity contribution in [3.05, 3.63) is 98.8 Å². The van der Waals surface area contributed by atoms with E-state index >= 15 is 0 Å². The maximum Gasteiger partial charge on any atom is 0.282 e. The smallest absolute Gasteiger partial charge is 0.282 e. The summed E-state index contributed by atoms with van der Waals surface area (Å²) in [5.41, 5.74) is 4.54. The van der Waals surface area contributed by atoms with Crippen molar-refractivity contribution in [2.24, 2.45) is 5.10 Å². The minimum Gasteiger partial charge on any atom is -0.490 e. The maximum atomic E-state index is 13.1. The summed E-state index contributed by atoms with van der Waals surface area (Å²) < 4.78 is 9.96. The molecule has 7 heteroatoms. The van der Waals surface area contributed by atoms with E-state index in [2.05, 4.69) is 43.2 Å². The zero-order valence-electron chi connectivity index (χ0n) is 18.9. The predicted molar refractivity (Wildman–Crippen MR) is 137 cm³/mol. The average Bonchev–Trinajstić information content (AvgIpc) is 3.10. The summed E-state index contributed by atoms with van der Waals surface area (Å²) in [5, 5.41) is 5.07. The predicted octanol–water partition coefficient (Wildman–Crippen LogP) is 5.58. The summed E-state index contributed by atoms with van der Waals surface area (Å²) in [4.78, 5) is 17.8. The first-order valence-electron chi connectivity index (χ1n) is 10.7. The molecule has 2 aromatic heterocycles. The second-order valence-corrected chi connectivity index (χ2v) is 8.58. The molecule has 4 rings (SSSR count). The van der Waals surface area contributed by atoms with Crippen LogP contribution in [0.3, 0.4) is 0 Å². The van der Waals surface area contributed by atoms with Crippen molar-refractivity contribution in [2.45, 2.75) is 27.2 Å². The van der Waals surface area contributed by atoms with Crippen molar-refractivity contribution in [1.29, 1.82) is 0 Å². The van der Waals surface area contributed by atoms with Crippen LogP contribution in [0.5, 0.6) is 5.75 Å². The fraction of sp³-hybridized carbons (Fsp3) is 0.192. The number of aromatic nitrogens is 3. The molecule has 2 heterocycles. The molecule has 4 aromatic rings. The molecule has 0 unspecified atom stereocenters. The summed E-state index contributed by atoms with van der Waals surface area (Å²) >= 11 is 3.43. The lowest BCUT2D eigenvalue weighted by molar-refractivity contribution is 0.363. The van der Waals surface area contributed by atoms with E-state index in [0.717, 1.165) is 32.9 Å². The lowest BCUT2D eigenvalue weighted by Crippen LogP contribution is -2.22. The first-order chi connectivity index (χ1) is 15.9. The first-order valence-corrected chi connectivity index (χ1v) is 11.5. The molecule has 0 bridgehead atoms. The number of benzene rings is 2. The molecule has 0 spiro atoms. The number of hydrogen-bond acceptors (Lipinski definition) is 4. The summed E-state index contributed by atoms with van der Waals surface area (Å²) in [5.74, 6) is 1.42. The molecule has 33 heavy (non-hydrogen) atoms. The van der Waals surface area contributed by atoms with Gasteiger partial charge in [0.25, 0.3) is 5.56 Å². The molecule has 0 amide bonds. The first kappa shape index (κ1) is 22.7. The number of hydrogen-bond donors (Lipinski definition) is 0. The van der Waals surface area contributed by atoms with E-state index in [4.69, 9.17) is 4.74 Å². The van der Waals surface area contributed by atoms with Crippen LogP contribution in [-0.4, -0.2) is 27.0 Å². The second-order valence-electron chi connectivity index (χ2n) is 7.66. The molecule has 6 nitrogen and oxygen atoms in total. The Bertz CT molecular complexity index is 1420. The van der Waals surface area contributed by atoms with Crippen LogP contribution in [0.1, 0.15) is 29.7 Å². The van der Waals surface area contributed by atoms with E-state index in [-0.39, 0.29) is 5.56 Å². The molecular formula is C26H25BrN4O2. The molecule has 0 radical (unpaired) electrons. The minimum atomic E-state index is -0.182. The zero-order valence-corrected chi connectivity index (χ0v) is 20.5. The van der Waals surface area contributed by atoms with Crippen LogP contribution in [-0.2, 0) is 6.42 Å². The highest BCUT2D eigenvalue weighted by Gasteiger charge is 2.12. The molecule has 2 aromatic carbocycles. The van der Waals surface area contributed by atoms with Crippen LogP contribution >= 0.6 is 15.9 Å². The lowest BCUT2D eigenvalue weighted by atomic mass is 10.2. The largest absolute Gasteiger partial charge is 0.490 e. The van der Waals surface area contributed by atoms with Gasteiger partial charge in [-0.05, 0) is 62.4 Å². The van der Waals surface area contributed by atoms with Crippen molar-refractivity contribution in [3.8, 4) is 11.4 Å². The Morgan fingerprint density at radius 3 is 2.61 bits per heavy atom. The van der Waals surface area contributed by atoms with Crippen molar-refractivity contribution in [1.82, 2.24) is 14.2 Å². The zero-order chi connectivity index (χ0) is 23.5. The minimum absolute atomic E-state index is 0.182. The third-order valence-corrected chi connectivity index (χ3v) is 5.93. The highest BCUT2D eigenvalue weighted by atomic mass is 79.9. The number of nitrogens with zero attached hydrogens (tertiary/aromatic N) is 4. The molecule has 0 fully saturated rings. The number of halogens is 1. The molecule has 0 N–H and O–H groups in total. The van der Waals surface area contributed by atoms with Gasteiger partial charge in [0.05, 0.1) is 17.1 Å². The van der Waals surface area contributed by atoms with E-state index in [9.17, 15) is 4.79 Å². The Balaban J connectivity index is 1.72. The van der Waals surface area contributed by atoms with Crippen molar-refractivity contribution in [2.75, 3.05) is 6.61 Å². The van der Waals surface area contributed by atoms with Gasteiger partial charge in [-0.25, -0.2) is 4.98 Å². The van der Waals surface area contributed by atoms with Gasteiger partial charge in [-0.2, -0.15) is 9.78 Å².